The number of hydrogen-bond acceptors (Lipinski definition) is 6. The Morgan fingerprint density at radius 2 is 2.00 bits per heavy atom. The molecular weight excluding hydrogens is 235 g/mol. The maximum atomic E-state index is 11.5. The lowest BCUT2D eigenvalue weighted by Gasteiger charge is -2.12. The minimum atomic E-state index is -3.07. The van der Waals surface area contributed by atoms with Gasteiger partial charge in [0.1, 0.15) is 6.61 Å². The van der Waals surface area contributed by atoms with Gasteiger partial charge in [-0.05, 0) is 0 Å². The summed E-state index contributed by atoms with van der Waals surface area (Å²) in [5.74, 6) is 1.58. The molecule has 0 atom stereocenters. The number of carbonyl (C=O) groups excluding carboxylic acids is 1. The summed E-state index contributed by atoms with van der Waals surface area (Å²) in [5.41, 5.74) is 0. The summed E-state index contributed by atoms with van der Waals surface area (Å²) in [6, 6.07) is 0. The highest BCUT2D eigenvalue weighted by Crippen LogP contribution is 2.45. The molecular formula is C9H15O6P. The van der Waals surface area contributed by atoms with Crippen molar-refractivity contribution in [1.29, 1.82) is 0 Å². The third-order valence-electron chi connectivity index (χ3n) is 1.60. The van der Waals surface area contributed by atoms with Crippen LogP contribution < -0.4 is 0 Å². The van der Waals surface area contributed by atoms with Crippen molar-refractivity contribution in [1.82, 2.24) is 0 Å². The molecule has 0 radical (unpaired) electrons. The molecule has 0 N–H and O–H groups in total. The molecule has 0 rings (SSSR count). The minimum absolute atomic E-state index is 0.0718. The number of ether oxygens (including phenoxy) is 2. The van der Waals surface area contributed by atoms with Gasteiger partial charge >= 0.3 is 13.6 Å². The van der Waals surface area contributed by atoms with Gasteiger partial charge in [0.2, 0.25) is 0 Å². The van der Waals surface area contributed by atoms with Crippen LogP contribution in [0.2, 0.25) is 0 Å². The van der Waals surface area contributed by atoms with Crippen LogP contribution in [0, 0.1) is 12.3 Å². The fourth-order valence-electron chi connectivity index (χ4n) is 0.753. The molecule has 7 heteroatoms. The van der Waals surface area contributed by atoms with Crippen molar-refractivity contribution in [3.63, 3.8) is 0 Å². The second kappa shape index (κ2) is 8.31. The zero-order valence-electron chi connectivity index (χ0n) is 9.30. The van der Waals surface area contributed by atoms with Gasteiger partial charge in [-0.15, -0.1) is 6.42 Å². The summed E-state index contributed by atoms with van der Waals surface area (Å²) in [4.78, 5) is 10.9. The van der Waals surface area contributed by atoms with E-state index in [1.165, 1.54) is 14.2 Å². The first-order valence-corrected chi connectivity index (χ1v) is 6.18. The zero-order valence-corrected chi connectivity index (χ0v) is 10.2. The molecule has 16 heavy (non-hydrogen) atoms. The number of rotatable bonds is 8. The molecule has 0 fully saturated rings. The van der Waals surface area contributed by atoms with Crippen LogP contribution in [-0.4, -0.2) is 46.2 Å². The molecule has 0 unspecified atom stereocenters. The van der Waals surface area contributed by atoms with E-state index >= 15 is 0 Å². The van der Waals surface area contributed by atoms with E-state index in [9.17, 15) is 9.36 Å². The Morgan fingerprint density at radius 1 is 1.38 bits per heavy atom. The van der Waals surface area contributed by atoms with Gasteiger partial charge in [-0.3, -0.25) is 4.57 Å². The van der Waals surface area contributed by atoms with E-state index in [0.29, 0.717) is 0 Å². The molecule has 0 saturated carbocycles. The van der Waals surface area contributed by atoms with Crippen molar-refractivity contribution < 1.29 is 27.9 Å². The Morgan fingerprint density at radius 3 is 2.50 bits per heavy atom. The van der Waals surface area contributed by atoms with Gasteiger partial charge in [0.05, 0.1) is 12.8 Å². The summed E-state index contributed by atoms with van der Waals surface area (Å²) in [7, 11) is -0.505. The number of carbonyl (C=O) groups is 1. The molecule has 0 aliphatic carbocycles. The molecule has 0 saturated heterocycles. The van der Waals surface area contributed by atoms with Gasteiger partial charge in [0.15, 0.2) is 6.61 Å². The van der Waals surface area contributed by atoms with Crippen LogP contribution >= 0.6 is 7.60 Å². The highest BCUT2D eigenvalue weighted by atomic mass is 31.2. The maximum absolute atomic E-state index is 11.5. The highest BCUT2D eigenvalue weighted by Gasteiger charge is 2.20. The zero-order chi connectivity index (χ0) is 12.4. The van der Waals surface area contributed by atoms with E-state index in [0.717, 1.165) is 0 Å². The van der Waals surface area contributed by atoms with Crippen LogP contribution in [0.1, 0.15) is 0 Å². The first-order chi connectivity index (χ1) is 7.58. The summed E-state index contributed by atoms with van der Waals surface area (Å²) in [6.45, 7) is -0.254. The van der Waals surface area contributed by atoms with Crippen LogP contribution in [0.25, 0.3) is 0 Å². The normalized spacial score (nSPS) is 10.8. The smallest absolute Gasteiger partial charge is 0.333 e. The minimum Gasteiger partial charge on any atom is -0.451 e. The van der Waals surface area contributed by atoms with Gasteiger partial charge in [-0.1, -0.05) is 5.92 Å². The van der Waals surface area contributed by atoms with Crippen molar-refractivity contribution in [2.75, 3.05) is 40.2 Å². The lowest BCUT2D eigenvalue weighted by molar-refractivity contribution is -0.147. The highest BCUT2D eigenvalue weighted by molar-refractivity contribution is 7.53. The molecule has 0 aliphatic heterocycles. The third-order valence-corrected chi connectivity index (χ3v) is 3.45. The lowest BCUT2D eigenvalue weighted by atomic mass is 10.7. The average Bonchev–Trinajstić information content (AvgIpc) is 2.31. The Hall–Kier alpha value is -0.860. The molecule has 0 aromatic carbocycles. The van der Waals surface area contributed by atoms with Crippen molar-refractivity contribution in [3.05, 3.63) is 0 Å². The Labute approximate surface area is 94.7 Å². The largest absolute Gasteiger partial charge is 0.451 e. The molecule has 0 heterocycles. The van der Waals surface area contributed by atoms with Gasteiger partial charge in [0.25, 0.3) is 0 Å². The molecule has 0 amide bonds. The lowest BCUT2D eigenvalue weighted by Crippen LogP contribution is -2.15. The van der Waals surface area contributed by atoms with E-state index in [2.05, 4.69) is 19.7 Å². The first kappa shape index (κ1) is 15.1. The quantitative estimate of drug-likeness (QED) is 0.273. The van der Waals surface area contributed by atoms with Crippen LogP contribution in [0.5, 0.6) is 0 Å². The molecule has 0 aliphatic rings. The predicted octanol–water partition coefficient (Wildman–Crippen LogP) is 0.665. The Balaban J connectivity index is 3.64. The average molecular weight is 250 g/mol. The van der Waals surface area contributed by atoms with E-state index < -0.39 is 13.6 Å². The van der Waals surface area contributed by atoms with Crippen LogP contribution in [-0.2, 0) is 27.9 Å². The van der Waals surface area contributed by atoms with Crippen molar-refractivity contribution >= 4 is 13.6 Å². The Kier molecular flexibility index (Phi) is 7.86. The van der Waals surface area contributed by atoms with Crippen LogP contribution in [0.15, 0.2) is 0 Å². The summed E-state index contributed by atoms with van der Waals surface area (Å²) < 4.78 is 30.3. The maximum Gasteiger partial charge on any atom is 0.333 e. The van der Waals surface area contributed by atoms with E-state index in [1.54, 1.807) is 0 Å². The molecule has 0 bridgehead atoms. The number of esters is 1. The monoisotopic (exact) mass is 250 g/mol. The second-order valence-electron chi connectivity index (χ2n) is 2.62. The Bertz CT molecular complexity index is 287. The van der Waals surface area contributed by atoms with E-state index in [-0.39, 0.29) is 26.0 Å². The summed E-state index contributed by atoms with van der Waals surface area (Å²) >= 11 is 0. The van der Waals surface area contributed by atoms with E-state index in [4.69, 9.17) is 11.2 Å². The van der Waals surface area contributed by atoms with Crippen molar-refractivity contribution in [3.8, 4) is 12.3 Å². The van der Waals surface area contributed by atoms with Crippen LogP contribution in [0.3, 0.4) is 0 Å². The molecule has 0 aromatic rings. The number of hydrogen-bond donors (Lipinski definition) is 0. The fourth-order valence-corrected chi connectivity index (χ4v) is 1.62. The van der Waals surface area contributed by atoms with Crippen molar-refractivity contribution in [2.24, 2.45) is 0 Å². The van der Waals surface area contributed by atoms with Crippen LogP contribution in [0.4, 0.5) is 0 Å². The first-order valence-electron chi connectivity index (χ1n) is 4.45. The SMILES string of the molecule is C#CCOC(=O)COCCP(=O)(OC)OC. The molecule has 0 aromatic heterocycles. The predicted molar refractivity (Wildman–Crippen MR) is 57.1 cm³/mol. The second-order valence-corrected chi connectivity index (χ2v) is 5.02. The van der Waals surface area contributed by atoms with Crippen molar-refractivity contribution in [2.45, 2.75) is 0 Å². The van der Waals surface area contributed by atoms with Gasteiger partial charge in [-0.25, -0.2) is 4.79 Å². The standard InChI is InChI=1S/C9H15O6P/c1-4-5-15-9(10)8-14-6-7-16(11,12-2)13-3/h1H,5-8H2,2-3H3. The van der Waals surface area contributed by atoms with Gasteiger partial charge in [0, 0.05) is 14.2 Å². The fraction of sp³-hybridized carbons (Fsp3) is 0.667. The number of terminal acetylenes is 1. The molecule has 6 nitrogen and oxygen atoms in total. The third kappa shape index (κ3) is 6.59. The molecule has 0 spiro atoms. The summed E-state index contributed by atoms with van der Waals surface area (Å²) in [5, 5.41) is 0. The molecule has 92 valence electrons. The summed E-state index contributed by atoms with van der Waals surface area (Å²) in [6.07, 6.45) is 4.96. The van der Waals surface area contributed by atoms with E-state index in [1.807, 2.05) is 0 Å². The van der Waals surface area contributed by atoms with Gasteiger partial charge in [-0.2, -0.15) is 0 Å². The van der Waals surface area contributed by atoms with Gasteiger partial charge < -0.3 is 18.5 Å². The topological polar surface area (TPSA) is 71.1 Å².